The van der Waals surface area contributed by atoms with E-state index in [-0.39, 0.29) is 5.91 Å². The van der Waals surface area contributed by atoms with E-state index in [0.29, 0.717) is 24.6 Å². The summed E-state index contributed by atoms with van der Waals surface area (Å²) in [5.41, 5.74) is 3.91. The first kappa shape index (κ1) is 20.6. The Morgan fingerprint density at radius 2 is 1.93 bits per heavy atom. The highest BCUT2D eigenvalue weighted by atomic mass is 16.5. The van der Waals surface area contributed by atoms with Crippen molar-refractivity contribution in [2.75, 3.05) is 6.54 Å². The first-order valence-corrected chi connectivity index (χ1v) is 10.1. The minimum absolute atomic E-state index is 0.0650. The number of aryl methyl sites for hydroxylation is 2. The van der Waals surface area contributed by atoms with Crippen molar-refractivity contribution in [2.45, 2.75) is 46.3 Å². The van der Waals surface area contributed by atoms with Crippen molar-refractivity contribution in [1.82, 2.24) is 15.1 Å². The van der Waals surface area contributed by atoms with E-state index in [1.165, 1.54) is 5.56 Å². The van der Waals surface area contributed by atoms with Crippen LogP contribution in [0, 0.1) is 6.92 Å². The van der Waals surface area contributed by atoms with Gasteiger partial charge >= 0.3 is 0 Å². The van der Waals surface area contributed by atoms with Gasteiger partial charge in [0.05, 0.1) is 5.69 Å². The summed E-state index contributed by atoms with van der Waals surface area (Å²) >= 11 is 0. The van der Waals surface area contributed by atoms with Crippen LogP contribution in [0.4, 0.5) is 0 Å². The lowest BCUT2D eigenvalue weighted by molar-refractivity contribution is 0.0952. The fraction of sp³-hybridized carbons (Fsp3) is 0.333. The van der Waals surface area contributed by atoms with Gasteiger partial charge in [0, 0.05) is 24.8 Å². The zero-order valence-electron chi connectivity index (χ0n) is 17.4. The number of carbonyl (C=O) groups excluding carboxylic acids is 1. The number of ether oxygens (including phenoxy) is 1. The van der Waals surface area contributed by atoms with Crippen molar-refractivity contribution < 1.29 is 9.53 Å². The Morgan fingerprint density at radius 1 is 1.14 bits per heavy atom. The lowest BCUT2D eigenvalue weighted by Crippen LogP contribution is -2.25. The Balaban J connectivity index is 1.47. The summed E-state index contributed by atoms with van der Waals surface area (Å²) in [5.74, 6) is 1.27. The summed E-state index contributed by atoms with van der Waals surface area (Å²) in [6, 6.07) is 17.7. The molecule has 0 saturated carbocycles. The molecule has 0 aliphatic rings. The van der Waals surface area contributed by atoms with E-state index in [9.17, 15) is 4.79 Å². The zero-order valence-corrected chi connectivity index (χ0v) is 17.4. The van der Waals surface area contributed by atoms with Gasteiger partial charge in [-0.15, -0.1) is 0 Å². The van der Waals surface area contributed by atoms with Crippen LogP contribution < -0.4 is 10.1 Å². The third-order valence-electron chi connectivity index (χ3n) is 4.76. The number of aromatic nitrogens is 2. The van der Waals surface area contributed by atoms with E-state index in [1.807, 2.05) is 60.3 Å². The molecular formula is C24H29N3O2. The number of rotatable bonds is 9. The standard InChI is InChI=1S/C24H29N3O2/c1-18(2)21-8-10-23(11-9-21)29-17-20-6-4-7-22(16-20)24(28)25-13-5-14-27-15-12-19(3)26-27/h4,6-12,15-16,18H,5,13-14,17H2,1-3H3,(H,25,28). The van der Waals surface area contributed by atoms with Crippen LogP contribution in [-0.2, 0) is 13.2 Å². The van der Waals surface area contributed by atoms with Gasteiger partial charge in [0.1, 0.15) is 12.4 Å². The maximum atomic E-state index is 12.4. The summed E-state index contributed by atoms with van der Waals surface area (Å²) < 4.78 is 7.77. The SMILES string of the molecule is Cc1ccn(CCCNC(=O)c2cccc(COc3ccc(C(C)C)cc3)c2)n1. The molecule has 5 nitrogen and oxygen atoms in total. The molecule has 0 radical (unpaired) electrons. The molecule has 29 heavy (non-hydrogen) atoms. The highest BCUT2D eigenvalue weighted by Crippen LogP contribution is 2.19. The Bertz CT molecular complexity index is 929. The van der Waals surface area contributed by atoms with Crippen molar-refractivity contribution in [3.63, 3.8) is 0 Å². The van der Waals surface area contributed by atoms with E-state index in [0.717, 1.165) is 30.0 Å². The van der Waals surface area contributed by atoms with E-state index < -0.39 is 0 Å². The first-order valence-electron chi connectivity index (χ1n) is 10.1. The Morgan fingerprint density at radius 3 is 2.62 bits per heavy atom. The fourth-order valence-corrected chi connectivity index (χ4v) is 3.05. The van der Waals surface area contributed by atoms with Gasteiger partial charge < -0.3 is 10.1 Å². The van der Waals surface area contributed by atoms with Gasteiger partial charge in [0.25, 0.3) is 5.91 Å². The predicted molar refractivity (Wildman–Crippen MR) is 115 cm³/mol. The molecule has 3 rings (SSSR count). The molecule has 1 aromatic heterocycles. The lowest BCUT2D eigenvalue weighted by atomic mass is 10.0. The monoisotopic (exact) mass is 391 g/mol. The van der Waals surface area contributed by atoms with Crippen LogP contribution in [-0.4, -0.2) is 22.2 Å². The molecule has 3 aromatic rings. The molecule has 0 aliphatic heterocycles. The molecule has 1 amide bonds. The van der Waals surface area contributed by atoms with E-state index in [4.69, 9.17) is 4.74 Å². The normalized spacial score (nSPS) is 10.9. The summed E-state index contributed by atoms with van der Waals surface area (Å²) in [6.45, 7) is 8.14. The summed E-state index contributed by atoms with van der Waals surface area (Å²) in [4.78, 5) is 12.4. The number of hydrogen-bond acceptors (Lipinski definition) is 3. The minimum Gasteiger partial charge on any atom is -0.489 e. The number of hydrogen-bond donors (Lipinski definition) is 1. The van der Waals surface area contributed by atoms with Gasteiger partial charge in [-0.25, -0.2) is 0 Å². The summed E-state index contributed by atoms with van der Waals surface area (Å²) in [7, 11) is 0. The number of amides is 1. The highest BCUT2D eigenvalue weighted by Gasteiger charge is 2.07. The second-order valence-corrected chi connectivity index (χ2v) is 7.54. The second-order valence-electron chi connectivity index (χ2n) is 7.54. The molecule has 1 heterocycles. The fourth-order valence-electron chi connectivity index (χ4n) is 3.05. The Hall–Kier alpha value is -3.08. The van der Waals surface area contributed by atoms with Crippen molar-refractivity contribution >= 4 is 5.91 Å². The lowest BCUT2D eigenvalue weighted by Gasteiger charge is -2.10. The van der Waals surface area contributed by atoms with Crippen molar-refractivity contribution in [1.29, 1.82) is 0 Å². The van der Waals surface area contributed by atoms with Crippen LogP contribution in [0.1, 0.15) is 53.4 Å². The minimum atomic E-state index is -0.0650. The molecule has 1 N–H and O–H groups in total. The third kappa shape index (κ3) is 6.21. The maximum absolute atomic E-state index is 12.4. The Kier molecular flexibility index (Phi) is 7.06. The number of nitrogens with one attached hydrogen (secondary N) is 1. The maximum Gasteiger partial charge on any atom is 0.251 e. The van der Waals surface area contributed by atoms with Gasteiger partial charge in [0.15, 0.2) is 0 Å². The number of nitrogens with zero attached hydrogens (tertiary/aromatic N) is 2. The largest absolute Gasteiger partial charge is 0.489 e. The first-order chi connectivity index (χ1) is 14.0. The predicted octanol–water partition coefficient (Wildman–Crippen LogP) is 4.71. The van der Waals surface area contributed by atoms with Crippen LogP contribution in [0.5, 0.6) is 5.75 Å². The highest BCUT2D eigenvalue weighted by molar-refractivity contribution is 5.94. The van der Waals surface area contributed by atoms with E-state index in [2.05, 4.69) is 36.4 Å². The number of benzene rings is 2. The molecule has 2 aromatic carbocycles. The van der Waals surface area contributed by atoms with Crippen molar-refractivity contribution in [3.05, 3.63) is 83.2 Å². The van der Waals surface area contributed by atoms with Gasteiger partial charge in [-0.1, -0.05) is 38.1 Å². The molecule has 5 heteroatoms. The molecule has 0 spiro atoms. The average Bonchev–Trinajstić information content (AvgIpc) is 3.15. The quantitative estimate of drug-likeness (QED) is 0.537. The smallest absolute Gasteiger partial charge is 0.251 e. The Labute approximate surface area is 172 Å². The third-order valence-corrected chi connectivity index (χ3v) is 4.76. The summed E-state index contributed by atoms with van der Waals surface area (Å²) in [5, 5.41) is 7.32. The van der Waals surface area contributed by atoms with Crippen LogP contribution in [0.3, 0.4) is 0 Å². The number of carbonyl (C=O) groups is 1. The van der Waals surface area contributed by atoms with E-state index >= 15 is 0 Å². The molecule has 0 fully saturated rings. The second kappa shape index (κ2) is 9.92. The van der Waals surface area contributed by atoms with E-state index in [1.54, 1.807) is 0 Å². The molecule has 0 bridgehead atoms. The van der Waals surface area contributed by atoms with Crippen LogP contribution in [0.25, 0.3) is 0 Å². The molecule has 0 atom stereocenters. The summed E-state index contributed by atoms with van der Waals surface area (Å²) in [6.07, 6.45) is 2.79. The van der Waals surface area contributed by atoms with Crippen LogP contribution >= 0.6 is 0 Å². The molecule has 152 valence electrons. The van der Waals surface area contributed by atoms with Gasteiger partial charge in [-0.3, -0.25) is 9.48 Å². The van der Waals surface area contributed by atoms with Crippen LogP contribution in [0.15, 0.2) is 60.8 Å². The average molecular weight is 392 g/mol. The van der Waals surface area contributed by atoms with Gasteiger partial charge in [-0.05, 0) is 60.7 Å². The van der Waals surface area contributed by atoms with Crippen molar-refractivity contribution in [3.8, 4) is 5.75 Å². The van der Waals surface area contributed by atoms with Crippen molar-refractivity contribution in [2.24, 2.45) is 0 Å². The zero-order chi connectivity index (χ0) is 20.6. The molecule has 0 unspecified atom stereocenters. The van der Waals surface area contributed by atoms with Gasteiger partial charge in [-0.2, -0.15) is 5.10 Å². The molecule has 0 saturated heterocycles. The van der Waals surface area contributed by atoms with Gasteiger partial charge in [0.2, 0.25) is 0 Å². The topological polar surface area (TPSA) is 56.2 Å². The van der Waals surface area contributed by atoms with Crippen LogP contribution in [0.2, 0.25) is 0 Å². The molecular weight excluding hydrogens is 362 g/mol. The molecule has 0 aliphatic carbocycles.